The summed E-state index contributed by atoms with van der Waals surface area (Å²) in [7, 11) is 0. The van der Waals surface area contributed by atoms with Gasteiger partial charge in [-0.25, -0.2) is 0 Å². The highest BCUT2D eigenvalue weighted by Crippen LogP contribution is 2.20. The number of carbonyl (C=O) groups is 1. The number of halogens is 1. The first kappa shape index (κ1) is 10.6. The third kappa shape index (κ3) is 3.03. The Morgan fingerprint density at radius 1 is 1.13 bits per heavy atom. The van der Waals surface area contributed by atoms with E-state index in [0.29, 0.717) is 0 Å². The van der Waals surface area contributed by atoms with Gasteiger partial charge >= 0.3 is 0 Å². The average Bonchev–Trinajstić information content (AvgIpc) is 2.22. The number of hydrogen-bond donors (Lipinski definition) is 0. The van der Waals surface area contributed by atoms with Gasteiger partial charge in [0.2, 0.25) is 0 Å². The first-order valence-corrected chi connectivity index (χ1v) is 6.00. The molecule has 0 saturated heterocycles. The van der Waals surface area contributed by atoms with Crippen molar-refractivity contribution in [2.45, 2.75) is 25.7 Å². The molecule has 0 spiro atoms. The molecule has 1 aliphatic carbocycles. The second-order valence-electron chi connectivity index (χ2n) is 3.93. The van der Waals surface area contributed by atoms with Gasteiger partial charge in [-0.1, -0.05) is 33.6 Å². The van der Waals surface area contributed by atoms with Crippen LogP contribution in [0.15, 0.2) is 40.4 Å². The molecule has 0 fully saturated rings. The van der Waals surface area contributed by atoms with Gasteiger partial charge in [0.15, 0.2) is 5.78 Å². The van der Waals surface area contributed by atoms with Crippen LogP contribution < -0.4 is 0 Å². The van der Waals surface area contributed by atoms with E-state index in [9.17, 15) is 4.79 Å². The van der Waals surface area contributed by atoms with Crippen LogP contribution in [0.2, 0.25) is 0 Å². The van der Waals surface area contributed by atoms with E-state index < -0.39 is 0 Å². The van der Waals surface area contributed by atoms with Crippen molar-refractivity contribution >= 4 is 21.7 Å². The van der Waals surface area contributed by atoms with Crippen molar-refractivity contribution in [1.82, 2.24) is 0 Å². The first-order chi connectivity index (χ1) is 7.24. The molecule has 0 bridgehead atoms. The minimum Gasteiger partial charge on any atom is -0.295 e. The fourth-order valence-electron chi connectivity index (χ4n) is 1.87. The van der Waals surface area contributed by atoms with Gasteiger partial charge in [0.25, 0.3) is 0 Å². The SMILES string of the molecule is O=C1C=C(Cc2ccc(Br)cc2)CCC1. The number of benzene rings is 1. The molecule has 1 nitrogen and oxygen atoms in total. The van der Waals surface area contributed by atoms with Crippen LogP contribution >= 0.6 is 15.9 Å². The van der Waals surface area contributed by atoms with Gasteiger partial charge in [-0.05, 0) is 43.0 Å². The Balaban J connectivity index is 2.08. The zero-order valence-corrected chi connectivity index (χ0v) is 10.1. The maximum atomic E-state index is 11.2. The average molecular weight is 265 g/mol. The Morgan fingerprint density at radius 2 is 1.87 bits per heavy atom. The van der Waals surface area contributed by atoms with E-state index >= 15 is 0 Å². The van der Waals surface area contributed by atoms with Gasteiger partial charge in [0, 0.05) is 10.9 Å². The molecule has 2 rings (SSSR count). The van der Waals surface area contributed by atoms with Gasteiger partial charge in [0.1, 0.15) is 0 Å². The van der Waals surface area contributed by atoms with Gasteiger partial charge < -0.3 is 0 Å². The monoisotopic (exact) mass is 264 g/mol. The molecule has 0 atom stereocenters. The van der Waals surface area contributed by atoms with Crippen molar-refractivity contribution in [3.05, 3.63) is 46.0 Å². The van der Waals surface area contributed by atoms with E-state index in [-0.39, 0.29) is 5.78 Å². The van der Waals surface area contributed by atoms with E-state index in [0.717, 1.165) is 30.2 Å². The molecule has 0 amide bonds. The Kier molecular flexibility index (Phi) is 3.37. The Labute approximate surface area is 98.3 Å². The molecule has 0 aromatic heterocycles. The summed E-state index contributed by atoms with van der Waals surface area (Å²) in [6.07, 6.45) is 5.55. The smallest absolute Gasteiger partial charge is 0.155 e. The molecule has 15 heavy (non-hydrogen) atoms. The largest absolute Gasteiger partial charge is 0.295 e. The fraction of sp³-hybridized carbons (Fsp3) is 0.308. The molecule has 0 unspecified atom stereocenters. The van der Waals surface area contributed by atoms with Crippen LogP contribution in [0.25, 0.3) is 0 Å². The van der Waals surface area contributed by atoms with E-state index in [1.54, 1.807) is 0 Å². The summed E-state index contributed by atoms with van der Waals surface area (Å²) in [4.78, 5) is 11.2. The van der Waals surface area contributed by atoms with E-state index in [1.165, 1.54) is 11.1 Å². The molecular formula is C13H13BrO. The molecule has 1 aromatic carbocycles. The lowest BCUT2D eigenvalue weighted by Gasteiger charge is -2.11. The molecule has 0 radical (unpaired) electrons. The fourth-order valence-corrected chi connectivity index (χ4v) is 2.13. The van der Waals surface area contributed by atoms with Crippen molar-refractivity contribution in [1.29, 1.82) is 0 Å². The molecule has 1 aliphatic rings. The minimum absolute atomic E-state index is 0.286. The molecule has 0 N–H and O–H groups in total. The summed E-state index contributed by atoms with van der Waals surface area (Å²) >= 11 is 3.41. The second-order valence-corrected chi connectivity index (χ2v) is 4.84. The molecular weight excluding hydrogens is 252 g/mol. The van der Waals surface area contributed by atoms with Crippen molar-refractivity contribution in [2.75, 3.05) is 0 Å². The summed E-state index contributed by atoms with van der Waals surface area (Å²) in [5, 5.41) is 0. The number of carbonyl (C=O) groups excluding carboxylic acids is 1. The number of allylic oxidation sites excluding steroid dienone is 2. The second kappa shape index (κ2) is 4.75. The maximum absolute atomic E-state index is 11.2. The zero-order chi connectivity index (χ0) is 10.7. The summed E-state index contributed by atoms with van der Waals surface area (Å²) < 4.78 is 1.10. The van der Waals surface area contributed by atoms with Gasteiger partial charge in [-0.3, -0.25) is 4.79 Å². The van der Waals surface area contributed by atoms with Crippen LogP contribution in [0.4, 0.5) is 0 Å². The van der Waals surface area contributed by atoms with Gasteiger partial charge in [0.05, 0.1) is 0 Å². The molecule has 0 heterocycles. The predicted octanol–water partition coefficient (Wildman–Crippen LogP) is 3.67. The van der Waals surface area contributed by atoms with Crippen molar-refractivity contribution in [3.8, 4) is 0 Å². The van der Waals surface area contributed by atoms with Crippen LogP contribution in [-0.4, -0.2) is 5.78 Å². The van der Waals surface area contributed by atoms with E-state index in [4.69, 9.17) is 0 Å². The number of ketones is 1. The van der Waals surface area contributed by atoms with Crippen molar-refractivity contribution in [2.24, 2.45) is 0 Å². The van der Waals surface area contributed by atoms with Gasteiger partial charge in [-0.2, -0.15) is 0 Å². The minimum atomic E-state index is 0.286. The lowest BCUT2D eigenvalue weighted by Crippen LogP contribution is -2.04. The highest BCUT2D eigenvalue weighted by molar-refractivity contribution is 9.10. The van der Waals surface area contributed by atoms with Crippen LogP contribution in [0.1, 0.15) is 24.8 Å². The lowest BCUT2D eigenvalue weighted by molar-refractivity contribution is -0.115. The Hall–Kier alpha value is -0.890. The maximum Gasteiger partial charge on any atom is 0.155 e. The Bertz CT molecular complexity index is 390. The highest BCUT2D eigenvalue weighted by atomic mass is 79.9. The van der Waals surface area contributed by atoms with Crippen molar-refractivity contribution < 1.29 is 4.79 Å². The molecule has 0 aliphatic heterocycles. The van der Waals surface area contributed by atoms with Crippen molar-refractivity contribution in [3.63, 3.8) is 0 Å². The summed E-state index contributed by atoms with van der Waals surface area (Å²) in [6.45, 7) is 0. The first-order valence-electron chi connectivity index (χ1n) is 5.21. The van der Waals surface area contributed by atoms with Crippen LogP contribution in [-0.2, 0) is 11.2 Å². The van der Waals surface area contributed by atoms with E-state index in [1.807, 2.05) is 18.2 Å². The molecule has 0 saturated carbocycles. The van der Waals surface area contributed by atoms with Crippen LogP contribution in [0, 0.1) is 0 Å². The summed E-state index contributed by atoms with van der Waals surface area (Å²) in [5.74, 6) is 0.286. The summed E-state index contributed by atoms with van der Waals surface area (Å²) in [5.41, 5.74) is 2.55. The standard InChI is InChI=1S/C13H13BrO/c14-12-6-4-10(5-7-12)8-11-2-1-3-13(15)9-11/h4-7,9H,1-3,8H2. The number of rotatable bonds is 2. The molecule has 2 heteroatoms. The van der Waals surface area contributed by atoms with Crippen LogP contribution in [0.3, 0.4) is 0 Å². The highest BCUT2D eigenvalue weighted by Gasteiger charge is 2.09. The molecule has 1 aromatic rings. The lowest BCUT2D eigenvalue weighted by atomic mass is 9.93. The van der Waals surface area contributed by atoms with E-state index in [2.05, 4.69) is 28.1 Å². The Morgan fingerprint density at radius 3 is 2.53 bits per heavy atom. The topological polar surface area (TPSA) is 17.1 Å². The third-order valence-corrected chi connectivity index (χ3v) is 3.16. The van der Waals surface area contributed by atoms with Gasteiger partial charge in [-0.15, -0.1) is 0 Å². The zero-order valence-electron chi connectivity index (χ0n) is 8.50. The predicted molar refractivity (Wildman–Crippen MR) is 64.8 cm³/mol. The number of hydrogen-bond acceptors (Lipinski definition) is 1. The quantitative estimate of drug-likeness (QED) is 0.797. The normalized spacial score (nSPS) is 16.3. The van der Waals surface area contributed by atoms with Crippen LogP contribution in [0.5, 0.6) is 0 Å². The molecule has 78 valence electrons. The third-order valence-electron chi connectivity index (χ3n) is 2.63. The summed E-state index contributed by atoms with van der Waals surface area (Å²) in [6, 6.07) is 8.29.